The van der Waals surface area contributed by atoms with Crippen LogP contribution in [-0.2, 0) is 0 Å². The Morgan fingerprint density at radius 2 is 1.78 bits per heavy atom. The Balaban J connectivity index is 2.99. The average Bonchev–Trinajstić information content (AvgIpc) is 1.89. The third-order valence-corrected chi connectivity index (χ3v) is 1.01. The Morgan fingerprint density at radius 3 is 2.33 bits per heavy atom. The Kier molecular flexibility index (Phi) is 6.98. The molecule has 0 unspecified atom stereocenters. The summed E-state index contributed by atoms with van der Waals surface area (Å²) in [5, 5.41) is 8.32. The number of unbranched alkanes of at least 4 members (excludes halogenated alkanes) is 1. The highest BCUT2D eigenvalue weighted by Crippen LogP contribution is 1.91. The van der Waals surface area contributed by atoms with Gasteiger partial charge in [0.1, 0.15) is 0 Å². The normalized spacial score (nSPS) is 11.8. The minimum atomic E-state index is 0.163. The molecule has 0 saturated carbocycles. The average molecular weight is 126 g/mol. The zero-order chi connectivity index (χ0) is 6.95. The van der Waals surface area contributed by atoms with Gasteiger partial charge in [-0.15, -0.1) is 0 Å². The lowest BCUT2D eigenvalue weighted by molar-refractivity contribution is 0.342. The van der Waals surface area contributed by atoms with Crippen molar-refractivity contribution in [3.05, 3.63) is 24.3 Å². The largest absolute Gasteiger partial charge is 0.392 e. The van der Waals surface area contributed by atoms with Gasteiger partial charge in [-0.1, -0.05) is 24.3 Å². The van der Waals surface area contributed by atoms with Crippen LogP contribution in [0.2, 0.25) is 0 Å². The lowest BCUT2D eigenvalue weighted by atomic mass is 10.3. The molecule has 0 aromatic carbocycles. The van der Waals surface area contributed by atoms with E-state index < -0.39 is 0 Å². The zero-order valence-corrected chi connectivity index (χ0v) is 5.88. The van der Waals surface area contributed by atoms with Gasteiger partial charge in [-0.3, -0.25) is 0 Å². The van der Waals surface area contributed by atoms with Crippen molar-refractivity contribution in [3.63, 3.8) is 0 Å². The van der Waals surface area contributed by atoms with Gasteiger partial charge in [0, 0.05) is 0 Å². The molecule has 0 aromatic heterocycles. The van der Waals surface area contributed by atoms with Crippen LogP contribution in [0.25, 0.3) is 0 Å². The first-order valence-corrected chi connectivity index (χ1v) is 3.28. The third-order valence-electron chi connectivity index (χ3n) is 1.01. The minimum Gasteiger partial charge on any atom is -0.392 e. The second kappa shape index (κ2) is 7.44. The molecule has 0 rings (SSSR count). The summed E-state index contributed by atoms with van der Waals surface area (Å²) in [6, 6.07) is 0. The van der Waals surface area contributed by atoms with E-state index in [0.717, 1.165) is 12.8 Å². The quantitative estimate of drug-likeness (QED) is 0.450. The summed E-state index contributed by atoms with van der Waals surface area (Å²) in [7, 11) is 0. The summed E-state index contributed by atoms with van der Waals surface area (Å²) in [4.78, 5) is 0. The van der Waals surface area contributed by atoms with Gasteiger partial charge in [0.25, 0.3) is 0 Å². The number of rotatable bonds is 4. The Labute approximate surface area is 56.7 Å². The molecular weight excluding hydrogens is 112 g/mol. The fourth-order valence-electron chi connectivity index (χ4n) is 0.552. The third kappa shape index (κ3) is 7.44. The van der Waals surface area contributed by atoms with Gasteiger partial charge in [0.15, 0.2) is 0 Å². The van der Waals surface area contributed by atoms with E-state index in [1.54, 1.807) is 6.08 Å². The molecule has 0 saturated heterocycles. The summed E-state index contributed by atoms with van der Waals surface area (Å²) < 4.78 is 0. The van der Waals surface area contributed by atoms with Gasteiger partial charge < -0.3 is 5.11 Å². The molecule has 1 nitrogen and oxygen atoms in total. The Morgan fingerprint density at radius 1 is 1.11 bits per heavy atom. The van der Waals surface area contributed by atoms with E-state index in [9.17, 15) is 0 Å². The van der Waals surface area contributed by atoms with Crippen LogP contribution in [0.3, 0.4) is 0 Å². The molecule has 0 aliphatic carbocycles. The van der Waals surface area contributed by atoms with Crippen LogP contribution in [0.1, 0.15) is 19.8 Å². The topological polar surface area (TPSA) is 20.2 Å². The van der Waals surface area contributed by atoms with Gasteiger partial charge in [-0.25, -0.2) is 0 Å². The van der Waals surface area contributed by atoms with Gasteiger partial charge in [-0.2, -0.15) is 0 Å². The van der Waals surface area contributed by atoms with Gasteiger partial charge in [-0.05, 0) is 19.8 Å². The second-order valence-electron chi connectivity index (χ2n) is 1.80. The van der Waals surface area contributed by atoms with E-state index in [1.807, 2.05) is 19.1 Å². The van der Waals surface area contributed by atoms with E-state index in [1.165, 1.54) is 0 Å². The molecular formula is C8H14O. The molecule has 9 heavy (non-hydrogen) atoms. The van der Waals surface area contributed by atoms with Gasteiger partial charge >= 0.3 is 0 Å². The first-order chi connectivity index (χ1) is 4.41. The van der Waals surface area contributed by atoms with Gasteiger partial charge in [0.2, 0.25) is 0 Å². The van der Waals surface area contributed by atoms with E-state index >= 15 is 0 Å². The van der Waals surface area contributed by atoms with Crippen LogP contribution in [0.5, 0.6) is 0 Å². The summed E-state index contributed by atoms with van der Waals surface area (Å²) in [5.74, 6) is 0. The number of hydrogen-bond donors (Lipinski definition) is 1. The summed E-state index contributed by atoms with van der Waals surface area (Å²) in [6.45, 7) is 2.17. The summed E-state index contributed by atoms with van der Waals surface area (Å²) in [5.41, 5.74) is 0. The predicted octanol–water partition coefficient (Wildman–Crippen LogP) is 1.89. The van der Waals surface area contributed by atoms with E-state index in [0.29, 0.717) is 0 Å². The van der Waals surface area contributed by atoms with Crippen LogP contribution >= 0.6 is 0 Å². The molecule has 0 aliphatic heterocycles. The fraction of sp³-hybridized carbons (Fsp3) is 0.500. The smallest absolute Gasteiger partial charge is 0.0612 e. The molecule has 0 radical (unpaired) electrons. The summed E-state index contributed by atoms with van der Waals surface area (Å²) >= 11 is 0. The molecule has 0 aromatic rings. The molecule has 0 bridgehead atoms. The maximum absolute atomic E-state index is 8.32. The van der Waals surface area contributed by atoms with E-state index in [2.05, 4.69) is 6.08 Å². The van der Waals surface area contributed by atoms with Crippen LogP contribution in [0.4, 0.5) is 0 Å². The lowest BCUT2D eigenvalue weighted by Crippen LogP contribution is -1.70. The summed E-state index contributed by atoms with van der Waals surface area (Å²) in [6.07, 6.45) is 10.0. The van der Waals surface area contributed by atoms with E-state index in [-0.39, 0.29) is 6.61 Å². The first kappa shape index (κ1) is 8.44. The molecule has 0 spiro atoms. The maximum atomic E-state index is 8.32. The monoisotopic (exact) mass is 126 g/mol. The van der Waals surface area contributed by atoms with Crippen LogP contribution < -0.4 is 0 Å². The predicted molar refractivity (Wildman–Crippen MR) is 40.3 cm³/mol. The van der Waals surface area contributed by atoms with Gasteiger partial charge in [0.05, 0.1) is 6.61 Å². The standard InChI is InChI=1S/C8H14O/c1-2-3-4-5-6-7-8-9/h2-3,6-7,9H,4-5,8H2,1H3. The maximum Gasteiger partial charge on any atom is 0.0612 e. The van der Waals surface area contributed by atoms with Crippen molar-refractivity contribution in [1.29, 1.82) is 0 Å². The SMILES string of the molecule is CC=CCCC=CCO. The number of allylic oxidation sites excluding steroid dienone is 3. The Bertz CT molecular complexity index is 92.7. The highest BCUT2D eigenvalue weighted by molar-refractivity contribution is 4.85. The Hall–Kier alpha value is -0.560. The van der Waals surface area contributed by atoms with Crippen molar-refractivity contribution in [1.82, 2.24) is 0 Å². The van der Waals surface area contributed by atoms with Crippen LogP contribution in [0.15, 0.2) is 24.3 Å². The minimum absolute atomic E-state index is 0.163. The number of hydrogen-bond acceptors (Lipinski definition) is 1. The second-order valence-corrected chi connectivity index (χ2v) is 1.80. The molecule has 0 atom stereocenters. The molecule has 1 N–H and O–H groups in total. The zero-order valence-electron chi connectivity index (χ0n) is 5.88. The van der Waals surface area contributed by atoms with Crippen LogP contribution in [-0.4, -0.2) is 11.7 Å². The molecule has 0 aliphatic rings. The van der Waals surface area contributed by atoms with Crippen molar-refractivity contribution in [3.8, 4) is 0 Å². The van der Waals surface area contributed by atoms with Crippen molar-refractivity contribution in [2.24, 2.45) is 0 Å². The number of aliphatic hydroxyl groups excluding tert-OH is 1. The highest BCUT2D eigenvalue weighted by Gasteiger charge is 1.72. The van der Waals surface area contributed by atoms with E-state index in [4.69, 9.17) is 5.11 Å². The van der Waals surface area contributed by atoms with Crippen molar-refractivity contribution in [2.75, 3.05) is 6.61 Å². The molecule has 0 fully saturated rings. The fourth-order valence-corrected chi connectivity index (χ4v) is 0.552. The molecule has 52 valence electrons. The van der Waals surface area contributed by atoms with Crippen molar-refractivity contribution >= 4 is 0 Å². The lowest BCUT2D eigenvalue weighted by Gasteiger charge is -1.83. The van der Waals surface area contributed by atoms with Crippen molar-refractivity contribution < 1.29 is 5.11 Å². The molecule has 0 amide bonds. The van der Waals surface area contributed by atoms with Crippen molar-refractivity contribution in [2.45, 2.75) is 19.8 Å². The molecule has 1 heteroatoms. The first-order valence-electron chi connectivity index (χ1n) is 3.28. The number of aliphatic hydroxyl groups is 1. The highest BCUT2D eigenvalue weighted by atomic mass is 16.2. The van der Waals surface area contributed by atoms with Crippen LogP contribution in [0, 0.1) is 0 Å². The molecule has 0 heterocycles.